The highest BCUT2D eigenvalue weighted by molar-refractivity contribution is 5.89. The van der Waals surface area contributed by atoms with Gasteiger partial charge in [0.05, 0.1) is 5.92 Å². The molecule has 0 aromatic carbocycles. The molecule has 2 fully saturated rings. The van der Waals surface area contributed by atoms with Crippen LogP contribution < -0.4 is 10.6 Å². The summed E-state index contributed by atoms with van der Waals surface area (Å²) in [7, 11) is 0. The molecule has 6 heteroatoms. The fourth-order valence-electron chi connectivity index (χ4n) is 2.18. The van der Waals surface area contributed by atoms with Crippen molar-refractivity contribution in [3.8, 4) is 0 Å². The van der Waals surface area contributed by atoms with Crippen LogP contribution in [-0.4, -0.2) is 48.9 Å². The highest BCUT2D eigenvalue weighted by atomic mass is 35.5. The molecule has 2 rings (SSSR count). The Kier molecular flexibility index (Phi) is 4.56. The van der Waals surface area contributed by atoms with Crippen molar-refractivity contribution in [1.82, 2.24) is 15.5 Å². The molecule has 2 N–H and O–H groups in total. The van der Waals surface area contributed by atoms with Crippen molar-refractivity contribution in [3.63, 3.8) is 0 Å². The summed E-state index contributed by atoms with van der Waals surface area (Å²) in [5.41, 5.74) is 0. The van der Waals surface area contributed by atoms with Crippen molar-refractivity contribution in [2.75, 3.05) is 26.2 Å². The van der Waals surface area contributed by atoms with E-state index in [-0.39, 0.29) is 36.2 Å². The van der Waals surface area contributed by atoms with Gasteiger partial charge in [-0.1, -0.05) is 0 Å². The summed E-state index contributed by atoms with van der Waals surface area (Å²) in [5.74, 6) is -0.0171. The lowest BCUT2D eigenvalue weighted by Gasteiger charge is -2.35. The number of nitrogens with zero attached hydrogens (tertiary/aromatic N) is 1. The van der Waals surface area contributed by atoms with E-state index in [0.29, 0.717) is 13.0 Å². The van der Waals surface area contributed by atoms with Crippen LogP contribution >= 0.6 is 12.4 Å². The van der Waals surface area contributed by atoms with Gasteiger partial charge in [-0.15, -0.1) is 12.4 Å². The highest BCUT2D eigenvalue weighted by Gasteiger charge is 2.33. The van der Waals surface area contributed by atoms with E-state index >= 15 is 0 Å². The molecule has 0 aromatic heterocycles. The monoisotopic (exact) mass is 247 g/mol. The van der Waals surface area contributed by atoms with Crippen LogP contribution in [0.15, 0.2) is 0 Å². The molecule has 0 aromatic rings. The van der Waals surface area contributed by atoms with Crippen molar-refractivity contribution in [1.29, 1.82) is 0 Å². The maximum atomic E-state index is 12.1. The molecule has 0 aliphatic carbocycles. The van der Waals surface area contributed by atoms with E-state index in [1.54, 1.807) is 0 Å². The van der Waals surface area contributed by atoms with Crippen LogP contribution in [0.3, 0.4) is 0 Å². The van der Waals surface area contributed by atoms with Gasteiger partial charge in [0.2, 0.25) is 11.8 Å². The molecule has 0 spiro atoms. The minimum atomic E-state index is -0.141. The minimum Gasteiger partial charge on any atom is -0.355 e. The van der Waals surface area contributed by atoms with Crippen LogP contribution in [0.4, 0.5) is 0 Å². The molecule has 0 bridgehead atoms. The topological polar surface area (TPSA) is 61.4 Å². The summed E-state index contributed by atoms with van der Waals surface area (Å²) in [5, 5.41) is 5.94. The average Bonchev–Trinajstić information content (AvgIpc) is 2.65. The Morgan fingerprint density at radius 1 is 1.44 bits per heavy atom. The van der Waals surface area contributed by atoms with Crippen molar-refractivity contribution in [3.05, 3.63) is 0 Å². The van der Waals surface area contributed by atoms with Gasteiger partial charge in [0.25, 0.3) is 0 Å². The second-order valence-electron chi connectivity index (χ2n) is 4.29. The lowest BCUT2D eigenvalue weighted by molar-refractivity contribution is -0.138. The maximum absolute atomic E-state index is 12.1. The molecule has 5 nitrogen and oxygen atoms in total. The number of nitrogens with one attached hydrogen (secondary N) is 2. The van der Waals surface area contributed by atoms with Gasteiger partial charge in [-0.3, -0.25) is 9.59 Å². The zero-order valence-corrected chi connectivity index (χ0v) is 10.2. The lowest BCUT2D eigenvalue weighted by atomic mass is 10.1. The van der Waals surface area contributed by atoms with Gasteiger partial charge in [0.1, 0.15) is 0 Å². The Labute approximate surface area is 101 Å². The predicted octanol–water partition coefficient (Wildman–Crippen LogP) is -0.635. The first-order valence-corrected chi connectivity index (χ1v) is 5.46. The van der Waals surface area contributed by atoms with Gasteiger partial charge >= 0.3 is 0 Å². The smallest absolute Gasteiger partial charge is 0.228 e. The lowest BCUT2D eigenvalue weighted by Crippen LogP contribution is -2.54. The van der Waals surface area contributed by atoms with Crippen LogP contribution in [-0.2, 0) is 9.59 Å². The van der Waals surface area contributed by atoms with Gasteiger partial charge in [-0.05, 0) is 6.92 Å². The zero-order chi connectivity index (χ0) is 10.8. The third-order valence-electron chi connectivity index (χ3n) is 3.11. The molecule has 2 amide bonds. The van der Waals surface area contributed by atoms with E-state index in [4.69, 9.17) is 0 Å². The fourth-order valence-corrected chi connectivity index (χ4v) is 2.18. The number of amides is 2. The van der Waals surface area contributed by atoms with Crippen molar-refractivity contribution < 1.29 is 9.59 Å². The minimum absolute atomic E-state index is 0. The van der Waals surface area contributed by atoms with E-state index < -0.39 is 0 Å². The number of carbonyl (C=O) groups excluding carboxylic acids is 2. The van der Waals surface area contributed by atoms with Crippen LogP contribution in [0.2, 0.25) is 0 Å². The van der Waals surface area contributed by atoms with Crippen LogP contribution in [0.25, 0.3) is 0 Å². The summed E-state index contributed by atoms with van der Waals surface area (Å²) < 4.78 is 0. The summed E-state index contributed by atoms with van der Waals surface area (Å²) in [6, 6.07) is 0.238. The van der Waals surface area contributed by atoms with E-state index in [0.717, 1.165) is 19.6 Å². The third-order valence-corrected chi connectivity index (χ3v) is 3.11. The third kappa shape index (κ3) is 2.65. The molecule has 0 radical (unpaired) electrons. The fraction of sp³-hybridized carbons (Fsp3) is 0.800. The number of hydrogen-bond acceptors (Lipinski definition) is 3. The van der Waals surface area contributed by atoms with Crippen LogP contribution in [0.1, 0.15) is 13.3 Å². The largest absolute Gasteiger partial charge is 0.355 e. The number of halogens is 1. The van der Waals surface area contributed by atoms with Gasteiger partial charge in [-0.25, -0.2) is 0 Å². The van der Waals surface area contributed by atoms with E-state index in [1.165, 1.54) is 0 Å². The Morgan fingerprint density at radius 2 is 2.19 bits per heavy atom. The molecule has 2 heterocycles. The second kappa shape index (κ2) is 5.50. The predicted molar refractivity (Wildman–Crippen MR) is 62.4 cm³/mol. The van der Waals surface area contributed by atoms with E-state index in [2.05, 4.69) is 10.6 Å². The number of hydrogen-bond donors (Lipinski definition) is 2. The highest BCUT2D eigenvalue weighted by Crippen LogP contribution is 2.15. The Balaban J connectivity index is 0.00000128. The van der Waals surface area contributed by atoms with Crippen molar-refractivity contribution in [2.45, 2.75) is 19.4 Å². The summed E-state index contributed by atoms with van der Waals surface area (Å²) in [6.45, 7) is 5.00. The van der Waals surface area contributed by atoms with Crippen LogP contribution in [0, 0.1) is 5.92 Å². The first kappa shape index (κ1) is 13.3. The summed E-state index contributed by atoms with van der Waals surface area (Å²) >= 11 is 0. The summed E-state index contributed by atoms with van der Waals surface area (Å²) in [4.78, 5) is 25.0. The van der Waals surface area contributed by atoms with Crippen molar-refractivity contribution >= 4 is 24.2 Å². The number of carbonyl (C=O) groups is 2. The standard InChI is InChI=1S/C10H17N3O2.ClH/c1-7-5-11-2-3-13(7)10(15)8-4-9(14)12-6-8;/h7-8,11H,2-6H2,1H3,(H,12,14);1H/t7-,8?;/m1./s1. The molecule has 1 unspecified atom stereocenters. The maximum Gasteiger partial charge on any atom is 0.228 e. The first-order chi connectivity index (χ1) is 7.18. The molecular weight excluding hydrogens is 230 g/mol. The Bertz CT molecular complexity index is 285. The molecule has 2 atom stereocenters. The molecule has 16 heavy (non-hydrogen) atoms. The molecule has 2 aliphatic heterocycles. The van der Waals surface area contributed by atoms with E-state index in [1.807, 2.05) is 11.8 Å². The van der Waals surface area contributed by atoms with Gasteiger partial charge < -0.3 is 15.5 Å². The SMILES string of the molecule is C[C@@H]1CNCCN1C(=O)C1CNC(=O)C1.Cl. The molecule has 2 saturated heterocycles. The van der Waals surface area contributed by atoms with Gasteiger partial charge in [0.15, 0.2) is 0 Å². The Hall–Kier alpha value is -0.810. The van der Waals surface area contributed by atoms with E-state index in [9.17, 15) is 9.59 Å². The summed E-state index contributed by atoms with van der Waals surface area (Å²) in [6.07, 6.45) is 0.357. The number of rotatable bonds is 1. The molecular formula is C10H18ClN3O2. The first-order valence-electron chi connectivity index (χ1n) is 5.46. The van der Waals surface area contributed by atoms with Crippen molar-refractivity contribution in [2.24, 2.45) is 5.92 Å². The Morgan fingerprint density at radius 3 is 2.75 bits per heavy atom. The molecule has 2 aliphatic rings. The molecule has 92 valence electrons. The van der Waals surface area contributed by atoms with Gasteiger partial charge in [0, 0.05) is 38.6 Å². The number of piperazine rings is 1. The zero-order valence-electron chi connectivity index (χ0n) is 9.36. The van der Waals surface area contributed by atoms with Crippen LogP contribution in [0.5, 0.6) is 0 Å². The normalized spacial score (nSPS) is 29.6. The quantitative estimate of drug-likeness (QED) is 0.648. The van der Waals surface area contributed by atoms with Gasteiger partial charge in [-0.2, -0.15) is 0 Å². The average molecular weight is 248 g/mol. The second-order valence-corrected chi connectivity index (χ2v) is 4.29. The molecule has 0 saturated carbocycles.